The second-order valence-electron chi connectivity index (χ2n) is 6.42. The highest BCUT2D eigenvalue weighted by molar-refractivity contribution is 5.96. The van der Waals surface area contributed by atoms with Crippen LogP contribution in [-0.4, -0.2) is 28.9 Å². The van der Waals surface area contributed by atoms with E-state index in [9.17, 15) is 14.4 Å². The monoisotopic (exact) mass is 379 g/mol. The largest absolute Gasteiger partial charge is 0.452 e. The smallest absolute Gasteiger partial charge is 0.311 e. The second-order valence-corrected chi connectivity index (χ2v) is 6.42. The van der Waals surface area contributed by atoms with Gasteiger partial charge < -0.3 is 20.4 Å². The van der Waals surface area contributed by atoms with Crippen molar-refractivity contribution in [3.05, 3.63) is 60.3 Å². The highest BCUT2D eigenvalue weighted by Gasteiger charge is 2.19. The average Bonchev–Trinajstić information content (AvgIpc) is 3.05. The summed E-state index contributed by atoms with van der Waals surface area (Å²) in [5.74, 6) is -1.08. The maximum Gasteiger partial charge on any atom is 0.311 e. The molecular weight excluding hydrogens is 358 g/mol. The lowest BCUT2D eigenvalue weighted by atomic mass is 10.1. The van der Waals surface area contributed by atoms with Crippen molar-refractivity contribution in [1.82, 2.24) is 4.98 Å². The van der Waals surface area contributed by atoms with Crippen LogP contribution >= 0.6 is 0 Å². The van der Waals surface area contributed by atoms with Crippen molar-refractivity contribution in [3.63, 3.8) is 0 Å². The number of carbonyl (C=O) groups is 3. The molecule has 0 saturated heterocycles. The molecule has 1 heterocycles. The van der Waals surface area contributed by atoms with Crippen LogP contribution in [0.1, 0.15) is 19.4 Å². The molecule has 0 spiro atoms. The average molecular weight is 379 g/mol. The standard InChI is InChI=1S/C21H21N3O4/c1-13(21(27)24-17-9-7-16(8-10-17)23-14(2)25)28-20(26)11-15-12-22-19-6-4-3-5-18(15)19/h3-10,12-13,22H,11H2,1-2H3,(H,23,25)(H,24,27). The van der Waals surface area contributed by atoms with E-state index in [1.807, 2.05) is 24.3 Å². The molecule has 2 aromatic carbocycles. The third-order valence-electron chi connectivity index (χ3n) is 4.16. The molecule has 0 aliphatic carbocycles. The Bertz CT molecular complexity index is 1010. The van der Waals surface area contributed by atoms with Gasteiger partial charge in [0.2, 0.25) is 5.91 Å². The van der Waals surface area contributed by atoms with Gasteiger partial charge in [-0.1, -0.05) is 18.2 Å². The Morgan fingerprint density at radius 2 is 1.64 bits per heavy atom. The van der Waals surface area contributed by atoms with Crippen LogP contribution in [-0.2, 0) is 25.5 Å². The quantitative estimate of drug-likeness (QED) is 0.573. The molecule has 7 nitrogen and oxygen atoms in total. The zero-order valence-corrected chi connectivity index (χ0v) is 15.6. The van der Waals surface area contributed by atoms with E-state index in [0.717, 1.165) is 16.5 Å². The maximum atomic E-state index is 12.3. The molecule has 0 aliphatic heterocycles. The Morgan fingerprint density at radius 3 is 2.32 bits per heavy atom. The fraction of sp³-hybridized carbons (Fsp3) is 0.190. The van der Waals surface area contributed by atoms with Crippen LogP contribution in [0.2, 0.25) is 0 Å². The predicted octanol–water partition coefficient (Wildman–Crippen LogP) is 3.24. The van der Waals surface area contributed by atoms with E-state index < -0.39 is 18.0 Å². The summed E-state index contributed by atoms with van der Waals surface area (Å²) < 4.78 is 5.26. The van der Waals surface area contributed by atoms with Gasteiger partial charge in [0.05, 0.1) is 6.42 Å². The van der Waals surface area contributed by atoms with E-state index in [1.165, 1.54) is 13.8 Å². The molecule has 0 radical (unpaired) electrons. The molecule has 0 fully saturated rings. The molecule has 3 aromatic rings. The third-order valence-corrected chi connectivity index (χ3v) is 4.16. The Hall–Kier alpha value is -3.61. The van der Waals surface area contributed by atoms with E-state index in [0.29, 0.717) is 11.4 Å². The number of H-pyrrole nitrogens is 1. The first-order valence-electron chi connectivity index (χ1n) is 8.85. The molecular formula is C21H21N3O4. The lowest BCUT2D eigenvalue weighted by molar-refractivity contribution is -0.152. The number of carbonyl (C=O) groups excluding carboxylic acids is 3. The number of para-hydroxylation sites is 1. The number of nitrogens with one attached hydrogen (secondary N) is 3. The predicted molar refractivity (Wildman–Crippen MR) is 107 cm³/mol. The number of aromatic nitrogens is 1. The van der Waals surface area contributed by atoms with E-state index in [2.05, 4.69) is 15.6 Å². The molecule has 7 heteroatoms. The highest BCUT2D eigenvalue weighted by Crippen LogP contribution is 2.19. The first-order valence-corrected chi connectivity index (χ1v) is 8.85. The van der Waals surface area contributed by atoms with Crippen LogP contribution in [0.25, 0.3) is 10.9 Å². The van der Waals surface area contributed by atoms with Crippen LogP contribution in [0.15, 0.2) is 54.7 Å². The summed E-state index contributed by atoms with van der Waals surface area (Å²) in [4.78, 5) is 38.6. The third kappa shape index (κ3) is 4.76. The molecule has 2 amide bonds. The van der Waals surface area contributed by atoms with E-state index >= 15 is 0 Å². The number of amides is 2. The first kappa shape index (κ1) is 19.2. The molecule has 144 valence electrons. The van der Waals surface area contributed by atoms with Crippen LogP contribution in [0, 0.1) is 0 Å². The van der Waals surface area contributed by atoms with Crippen LogP contribution in [0.5, 0.6) is 0 Å². The summed E-state index contributed by atoms with van der Waals surface area (Å²) in [7, 11) is 0. The zero-order valence-electron chi connectivity index (χ0n) is 15.6. The van der Waals surface area contributed by atoms with Gasteiger partial charge in [-0.3, -0.25) is 14.4 Å². The molecule has 1 unspecified atom stereocenters. The van der Waals surface area contributed by atoms with Crippen LogP contribution in [0.3, 0.4) is 0 Å². The summed E-state index contributed by atoms with van der Waals surface area (Å²) in [6, 6.07) is 14.3. The number of esters is 1. The van der Waals surface area contributed by atoms with Gasteiger partial charge in [-0.25, -0.2) is 0 Å². The number of ether oxygens (including phenoxy) is 1. The number of hydrogen-bond donors (Lipinski definition) is 3. The van der Waals surface area contributed by atoms with Gasteiger partial charge in [-0.2, -0.15) is 0 Å². The normalized spacial score (nSPS) is 11.6. The van der Waals surface area contributed by atoms with Crippen molar-refractivity contribution in [1.29, 1.82) is 0 Å². The topological polar surface area (TPSA) is 100 Å². The summed E-state index contributed by atoms with van der Waals surface area (Å²) in [6.45, 7) is 2.94. The summed E-state index contributed by atoms with van der Waals surface area (Å²) in [5.41, 5.74) is 2.93. The summed E-state index contributed by atoms with van der Waals surface area (Å²) >= 11 is 0. The minimum atomic E-state index is -0.937. The van der Waals surface area contributed by atoms with Crippen molar-refractivity contribution in [2.75, 3.05) is 10.6 Å². The molecule has 28 heavy (non-hydrogen) atoms. The van der Waals surface area contributed by atoms with Crippen LogP contribution in [0.4, 0.5) is 11.4 Å². The minimum Gasteiger partial charge on any atom is -0.452 e. The van der Waals surface area contributed by atoms with Gasteiger partial charge in [0, 0.05) is 35.4 Å². The molecule has 0 bridgehead atoms. The second kappa shape index (κ2) is 8.39. The van der Waals surface area contributed by atoms with E-state index in [-0.39, 0.29) is 12.3 Å². The van der Waals surface area contributed by atoms with Crippen LogP contribution < -0.4 is 10.6 Å². The Labute approximate surface area is 162 Å². The zero-order chi connectivity index (χ0) is 20.1. The minimum absolute atomic E-state index is 0.0764. The van der Waals surface area contributed by atoms with Crippen molar-refractivity contribution >= 4 is 40.1 Å². The number of fused-ring (bicyclic) bond motifs is 1. The lowest BCUT2D eigenvalue weighted by Crippen LogP contribution is -2.30. The molecule has 3 N–H and O–H groups in total. The van der Waals surface area contributed by atoms with E-state index in [4.69, 9.17) is 4.74 Å². The van der Waals surface area contributed by atoms with Crippen molar-refractivity contribution in [2.24, 2.45) is 0 Å². The van der Waals surface area contributed by atoms with Gasteiger partial charge in [0.25, 0.3) is 5.91 Å². The summed E-state index contributed by atoms with van der Waals surface area (Å²) in [6.07, 6.45) is 0.910. The highest BCUT2D eigenvalue weighted by atomic mass is 16.5. The number of rotatable bonds is 6. The fourth-order valence-electron chi connectivity index (χ4n) is 2.81. The number of hydrogen-bond acceptors (Lipinski definition) is 4. The Kier molecular flexibility index (Phi) is 5.74. The number of aromatic amines is 1. The molecule has 3 rings (SSSR count). The van der Waals surface area contributed by atoms with Gasteiger partial charge in [0.1, 0.15) is 0 Å². The molecule has 0 saturated carbocycles. The van der Waals surface area contributed by atoms with Gasteiger partial charge in [-0.15, -0.1) is 0 Å². The summed E-state index contributed by atoms with van der Waals surface area (Å²) in [5, 5.41) is 6.28. The van der Waals surface area contributed by atoms with Crippen molar-refractivity contribution < 1.29 is 19.1 Å². The molecule has 1 aromatic heterocycles. The van der Waals surface area contributed by atoms with Gasteiger partial charge >= 0.3 is 5.97 Å². The van der Waals surface area contributed by atoms with Gasteiger partial charge in [0.15, 0.2) is 6.10 Å². The van der Waals surface area contributed by atoms with Crippen molar-refractivity contribution in [2.45, 2.75) is 26.4 Å². The lowest BCUT2D eigenvalue weighted by Gasteiger charge is -2.14. The fourth-order valence-corrected chi connectivity index (χ4v) is 2.81. The first-order chi connectivity index (χ1) is 13.4. The van der Waals surface area contributed by atoms with E-state index in [1.54, 1.807) is 30.5 Å². The van der Waals surface area contributed by atoms with Crippen molar-refractivity contribution in [3.8, 4) is 0 Å². The maximum absolute atomic E-state index is 12.3. The van der Waals surface area contributed by atoms with Gasteiger partial charge in [-0.05, 0) is 42.8 Å². The molecule has 1 atom stereocenters. The Morgan fingerprint density at radius 1 is 1.00 bits per heavy atom. The number of benzene rings is 2. The SMILES string of the molecule is CC(=O)Nc1ccc(NC(=O)C(C)OC(=O)Cc2c[nH]c3ccccc23)cc1. The number of anilines is 2. The molecule has 0 aliphatic rings. The Balaban J connectivity index is 1.54.